The summed E-state index contributed by atoms with van der Waals surface area (Å²) in [7, 11) is 1.30. The van der Waals surface area contributed by atoms with Gasteiger partial charge in [0.05, 0.1) is 23.6 Å². The summed E-state index contributed by atoms with van der Waals surface area (Å²) in [6.07, 6.45) is 0. The second kappa shape index (κ2) is 7.59. The maximum Gasteiger partial charge on any atom is 0.269 e. The van der Waals surface area contributed by atoms with E-state index in [9.17, 15) is 18.4 Å². The Morgan fingerprint density at radius 1 is 1.21 bits per heavy atom. The molecule has 33 heavy (non-hydrogen) atoms. The standard InChI is InChI=1S/C21H18F3N5O3S/c1-32-18-12-8(2-10(23)16(18)29-5-7(4-25)6-29)17(30)14-19(33-28-21(14)31)13(12)15-9(22)3-11(24)20(26)27-15/h2-3,7,13H,4-6,25H2,1H3,(H2,26,27)(H,28,31). The van der Waals surface area contributed by atoms with E-state index in [4.69, 9.17) is 16.2 Å². The van der Waals surface area contributed by atoms with E-state index in [0.29, 0.717) is 25.7 Å². The van der Waals surface area contributed by atoms with Crippen LogP contribution in [0, 0.1) is 23.4 Å². The van der Waals surface area contributed by atoms with Crippen LogP contribution in [0.4, 0.5) is 24.7 Å². The molecule has 1 aliphatic heterocycles. The van der Waals surface area contributed by atoms with Gasteiger partial charge in [-0.05, 0) is 12.6 Å². The van der Waals surface area contributed by atoms with Gasteiger partial charge in [-0.25, -0.2) is 18.2 Å². The van der Waals surface area contributed by atoms with Gasteiger partial charge >= 0.3 is 0 Å². The molecule has 1 saturated heterocycles. The first-order valence-corrected chi connectivity index (χ1v) is 10.8. The molecule has 0 saturated carbocycles. The minimum absolute atomic E-state index is 0.00872. The summed E-state index contributed by atoms with van der Waals surface area (Å²) < 4.78 is 52.1. The van der Waals surface area contributed by atoms with Crippen LogP contribution in [-0.2, 0) is 0 Å². The number of nitrogens with zero attached hydrogens (tertiary/aromatic N) is 2. The molecule has 172 valence electrons. The van der Waals surface area contributed by atoms with Crippen LogP contribution in [0.1, 0.15) is 38.0 Å². The predicted octanol–water partition coefficient (Wildman–Crippen LogP) is 1.96. The molecule has 8 nitrogen and oxygen atoms in total. The first-order valence-electron chi connectivity index (χ1n) is 9.99. The third-order valence-corrected chi connectivity index (χ3v) is 7.01. The summed E-state index contributed by atoms with van der Waals surface area (Å²) in [4.78, 5) is 31.4. The molecule has 0 spiro atoms. The lowest BCUT2D eigenvalue weighted by Gasteiger charge is -2.42. The molecule has 3 heterocycles. The second-order valence-electron chi connectivity index (χ2n) is 7.97. The number of aromatic amines is 1. The number of ether oxygens (including phenoxy) is 1. The van der Waals surface area contributed by atoms with E-state index in [0.717, 1.165) is 17.6 Å². The number of carbonyl (C=O) groups excluding carboxylic acids is 1. The minimum atomic E-state index is -1.15. The molecule has 5 rings (SSSR count). The molecule has 5 N–H and O–H groups in total. The van der Waals surface area contributed by atoms with Crippen LogP contribution in [0.3, 0.4) is 0 Å². The number of anilines is 2. The van der Waals surface area contributed by atoms with Crippen molar-refractivity contribution in [3.8, 4) is 5.75 Å². The Hall–Kier alpha value is -3.38. The topological polar surface area (TPSA) is 127 Å². The van der Waals surface area contributed by atoms with Crippen molar-refractivity contribution in [1.29, 1.82) is 0 Å². The van der Waals surface area contributed by atoms with Crippen LogP contribution in [0.5, 0.6) is 5.75 Å². The van der Waals surface area contributed by atoms with Gasteiger partial charge < -0.3 is 21.1 Å². The summed E-state index contributed by atoms with van der Waals surface area (Å²) in [5, 5.41) is 0. The zero-order chi connectivity index (χ0) is 23.6. The highest BCUT2D eigenvalue weighted by molar-refractivity contribution is 7.06. The summed E-state index contributed by atoms with van der Waals surface area (Å²) in [5.41, 5.74) is 10.1. The predicted molar refractivity (Wildman–Crippen MR) is 116 cm³/mol. The van der Waals surface area contributed by atoms with Crippen molar-refractivity contribution in [3.63, 3.8) is 0 Å². The van der Waals surface area contributed by atoms with Crippen molar-refractivity contribution in [2.45, 2.75) is 5.92 Å². The number of ketones is 1. The van der Waals surface area contributed by atoms with Crippen LogP contribution in [0.2, 0.25) is 0 Å². The monoisotopic (exact) mass is 477 g/mol. The summed E-state index contributed by atoms with van der Waals surface area (Å²) in [6.45, 7) is 1.37. The zero-order valence-corrected chi connectivity index (χ0v) is 18.1. The van der Waals surface area contributed by atoms with Crippen LogP contribution >= 0.6 is 11.5 Å². The number of H-pyrrole nitrogens is 1. The van der Waals surface area contributed by atoms with E-state index in [1.807, 2.05) is 0 Å². The van der Waals surface area contributed by atoms with Crippen LogP contribution in [-0.4, -0.2) is 41.9 Å². The molecular formula is C21H18F3N5O3S. The van der Waals surface area contributed by atoms with Crippen LogP contribution in [0.15, 0.2) is 16.9 Å². The van der Waals surface area contributed by atoms with Gasteiger partial charge in [-0.2, -0.15) is 0 Å². The first kappa shape index (κ1) is 21.5. The quantitative estimate of drug-likeness (QED) is 0.410. The van der Waals surface area contributed by atoms with Crippen molar-refractivity contribution in [2.75, 3.05) is 37.4 Å². The molecule has 0 amide bonds. The molecule has 1 fully saturated rings. The summed E-state index contributed by atoms with van der Waals surface area (Å²) in [5.74, 6) is -5.05. The molecule has 2 aromatic heterocycles. The molecule has 2 aliphatic rings. The van der Waals surface area contributed by atoms with Gasteiger partial charge in [-0.3, -0.25) is 14.0 Å². The Labute approximate surface area is 189 Å². The van der Waals surface area contributed by atoms with Crippen molar-refractivity contribution in [2.24, 2.45) is 11.7 Å². The lowest BCUT2D eigenvalue weighted by atomic mass is 9.79. The Morgan fingerprint density at radius 2 is 1.94 bits per heavy atom. The fourth-order valence-electron chi connectivity index (χ4n) is 4.47. The normalized spacial score (nSPS) is 17.5. The largest absolute Gasteiger partial charge is 0.494 e. The fraction of sp³-hybridized carbons (Fsp3) is 0.286. The number of halogens is 3. The van der Waals surface area contributed by atoms with Gasteiger partial charge in [0.2, 0.25) is 0 Å². The summed E-state index contributed by atoms with van der Waals surface area (Å²) in [6, 6.07) is 1.60. The number of carbonyl (C=O) groups is 1. The number of aromatic nitrogens is 2. The van der Waals surface area contributed by atoms with Crippen molar-refractivity contribution in [1.82, 2.24) is 9.36 Å². The van der Waals surface area contributed by atoms with Gasteiger partial charge in [-0.15, -0.1) is 0 Å². The number of rotatable bonds is 4. The maximum atomic E-state index is 15.3. The number of methoxy groups -OCH3 is 1. The molecule has 1 atom stereocenters. The molecule has 1 aromatic carbocycles. The van der Waals surface area contributed by atoms with E-state index >= 15 is 4.39 Å². The Kier molecular flexibility index (Phi) is 4.94. The number of pyridine rings is 1. The molecule has 1 aliphatic carbocycles. The third kappa shape index (κ3) is 3.04. The number of nitrogens with two attached hydrogens (primary N) is 2. The lowest BCUT2D eigenvalue weighted by molar-refractivity contribution is 0.103. The van der Waals surface area contributed by atoms with E-state index in [-0.39, 0.29) is 44.6 Å². The highest BCUT2D eigenvalue weighted by Gasteiger charge is 2.43. The number of hydrogen-bond acceptors (Lipinski definition) is 8. The zero-order valence-electron chi connectivity index (χ0n) is 17.2. The van der Waals surface area contributed by atoms with Gasteiger partial charge in [0, 0.05) is 36.2 Å². The van der Waals surface area contributed by atoms with Gasteiger partial charge in [-0.1, -0.05) is 11.5 Å². The lowest BCUT2D eigenvalue weighted by Crippen LogP contribution is -2.50. The number of fused-ring (bicyclic) bond motifs is 2. The number of nitrogen functional groups attached to an aromatic ring is 1. The average Bonchev–Trinajstić information content (AvgIpc) is 3.13. The van der Waals surface area contributed by atoms with Gasteiger partial charge in [0.25, 0.3) is 5.56 Å². The van der Waals surface area contributed by atoms with Crippen molar-refractivity contribution < 1.29 is 22.7 Å². The maximum absolute atomic E-state index is 15.3. The number of hydrogen-bond donors (Lipinski definition) is 3. The van der Waals surface area contributed by atoms with E-state index in [1.165, 1.54) is 7.11 Å². The van der Waals surface area contributed by atoms with Crippen molar-refractivity contribution >= 4 is 28.8 Å². The highest BCUT2D eigenvalue weighted by atomic mass is 32.1. The Balaban J connectivity index is 1.82. The third-order valence-electron chi connectivity index (χ3n) is 6.06. The second-order valence-corrected chi connectivity index (χ2v) is 8.81. The fourth-order valence-corrected chi connectivity index (χ4v) is 5.41. The molecule has 0 bridgehead atoms. The average molecular weight is 477 g/mol. The van der Waals surface area contributed by atoms with E-state index < -0.39 is 40.5 Å². The van der Waals surface area contributed by atoms with Gasteiger partial charge in [0.1, 0.15) is 22.8 Å². The van der Waals surface area contributed by atoms with Crippen molar-refractivity contribution in [3.05, 3.63) is 67.2 Å². The first-order chi connectivity index (χ1) is 15.8. The van der Waals surface area contributed by atoms with Gasteiger partial charge in [0.15, 0.2) is 23.2 Å². The van der Waals surface area contributed by atoms with E-state index in [2.05, 4.69) is 9.36 Å². The molecule has 1 unspecified atom stereocenters. The smallest absolute Gasteiger partial charge is 0.269 e. The Bertz CT molecular complexity index is 1370. The molecular weight excluding hydrogens is 459 g/mol. The van der Waals surface area contributed by atoms with Crippen LogP contribution < -0.4 is 26.7 Å². The molecule has 12 heteroatoms. The molecule has 0 radical (unpaired) electrons. The number of nitrogens with one attached hydrogen (secondary N) is 1. The number of benzene rings is 1. The van der Waals surface area contributed by atoms with Crippen LogP contribution in [0.25, 0.3) is 0 Å². The minimum Gasteiger partial charge on any atom is -0.494 e. The molecule has 3 aromatic rings. The Morgan fingerprint density at radius 3 is 2.61 bits per heavy atom. The summed E-state index contributed by atoms with van der Waals surface area (Å²) >= 11 is 0.823. The SMILES string of the molecule is COc1c2c(cc(F)c1N1CC(CN)C1)C(=O)c1c(s[nH]c1=O)C2c1nc(N)c(F)cc1F. The van der Waals surface area contributed by atoms with E-state index in [1.54, 1.807) is 4.90 Å². The highest BCUT2D eigenvalue weighted by Crippen LogP contribution is 2.50.